The molecule has 0 bridgehead atoms. The van der Waals surface area contributed by atoms with Crippen molar-refractivity contribution in [2.45, 2.75) is 38.8 Å². The van der Waals surface area contributed by atoms with E-state index in [9.17, 15) is 4.79 Å². The molecular weight excluding hydrogens is 308 g/mol. The van der Waals surface area contributed by atoms with Crippen LogP contribution in [0.2, 0.25) is 0 Å². The van der Waals surface area contributed by atoms with E-state index in [4.69, 9.17) is 10.5 Å². The SMILES string of the molecule is CC(C)(C)OC(=O)N[C@@H](CN)Cc1ccc(Br)cc1. The van der Waals surface area contributed by atoms with Crippen molar-refractivity contribution in [1.82, 2.24) is 5.32 Å². The first kappa shape index (κ1) is 16.0. The van der Waals surface area contributed by atoms with Gasteiger partial charge in [0.25, 0.3) is 0 Å². The maximum atomic E-state index is 11.7. The van der Waals surface area contributed by atoms with Gasteiger partial charge in [0.2, 0.25) is 0 Å². The fourth-order valence-corrected chi connectivity index (χ4v) is 1.84. The number of ether oxygens (including phenoxy) is 1. The zero-order valence-corrected chi connectivity index (χ0v) is 13.2. The van der Waals surface area contributed by atoms with Crippen LogP contribution in [-0.2, 0) is 11.2 Å². The fraction of sp³-hybridized carbons (Fsp3) is 0.500. The second-order valence-corrected chi connectivity index (χ2v) is 6.33. The van der Waals surface area contributed by atoms with Gasteiger partial charge in [0.15, 0.2) is 0 Å². The summed E-state index contributed by atoms with van der Waals surface area (Å²) in [5, 5.41) is 2.79. The van der Waals surface area contributed by atoms with Crippen molar-refractivity contribution >= 4 is 22.0 Å². The normalized spacial score (nSPS) is 12.9. The molecule has 0 radical (unpaired) electrons. The molecule has 5 heteroatoms. The smallest absolute Gasteiger partial charge is 0.407 e. The Morgan fingerprint density at radius 2 is 1.95 bits per heavy atom. The van der Waals surface area contributed by atoms with E-state index in [2.05, 4.69) is 21.2 Å². The predicted molar refractivity (Wildman–Crippen MR) is 80.1 cm³/mol. The van der Waals surface area contributed by atoms with E-state index in [0.717, 1.165) is 10.0 Å². The molecule has 0 saturated carbocycles. The molecule has 0 aliphatic carbocycles. The van der Waals surface area contributed by atoms with Crippen molar-refractivity contribution in [3.63, 3.8) is 0 Å². The standard InChI is InChI=1S/C14H21BrN2O2/c1-14(2,3)19-13(18)17-12(9-16)8-10-4-6-11(15)7-5-10/h4-7,12H,8-9,16H2,1-3H3,(H,17,18)/t12-/m1/s1. The third-order valence-electron chi connectivity index (χ3n) is 2.40. The molecule has 0 spiro atoms. The van der Waals surface area contributed by atoms with E-state index in [-0.39, 0.29) is 6.04 Å². The van der Waals surface area contributed by atoms with Crippen LogP contribution in [0.5, 0.6) is 0 Å². The van der Waals surface area contributed by atoms with Crippen LogP contribution in [0, 0.1) is 0 Å². The van der Waals surface area contributed by atoms with E-state index in [1.807, 2.05) is 45.0 Å². The second-order valence-electron chi connectivity index (χ2n) is 5.41. The molecule has 106 valence electrons. The number of alkyl carbamates (subject to hydrolysis) is 1. The van der Waals surface area contributed by atoms with E-state index < -0.39 is 11.7 Å². The van der Waals surface area contributed by atoms with Crippen molar-refractivity contribution in [1.29, 1.82) is 0 Å². The lowest BCUT2D eigenvalue weighted by Crippen LogP contribution is -2.44. The molecule has 0 saturated heterocycles. The lowest BCUT2D eigenvalue weighted by molar-refractivity contribution is 0.0506. The lowest BCUT2D eigenvalue weighted by atomic mass is 10.1. The number of rotatable bonds is 4. The Labute approximate surface area is 122 Å². The minimum atomic E-state index is -0.499. The van der Waals surface area contributed by atoms with E-state index >= 15 is 0 Å². The summed E-state index contributed by atoms with van der Waals surface area (Å²) < 4.78 is 6.24. The summed E-state index contributed by atoms with van der Waals surface area (Å²) in [5.41, 5.74) is 6.30. The predicted octanol–water partition coefficient (Wildman–Crippen LogP) is 2.84. The van der Waals surface area contributed by atoms with Crippen LogP contribution in [-0.4, -0.2) is 24.3 Å². The topological polar surface area (TPSA) is 64.3 Å². The molecule has 0 aliphatic rings. The molecule has 19 heavy (non-hydrogen) atoms. The van der Waals surface area contributed by atoms with Gasteiger partial charge in [-0.05, 0) is 44.9 Å². The number of hydrogen-bond acceptors (Lipinski definition) is 3. The van der Waals surface area contributed by atoms with E-state index in [0.29, 0.717) is 13.0 Å². The van der Waals surface area contributed by atoms with Crippen LogP contribution in [0.3, 0.4) is 0 Å². The fourth-order valence-electron chi connectivity index (χ4n) is 1.57. The number of nitrogens with two attached hydrogens (primary N) is 1. The molecule has 3 N–H and O–H groups in total. The van der Waals surface area contributed by atoms with Crippen LogP contribution >= 0.6 is 15.9 Å². The Morgan fingerprint density at radius 1 is 1.37 bits per heavy atom. The minimum absolute atomic E-state index is 0.129. The van der Waals surface area contributed by atoms with Gasteiger partial charge in [0.05, 0.1) is 0 Å². The number of hydrogen-bond donors (Lipinski definition) is 2. The molecule has 0 unspecified atom stereocenters. The van der Waals surface area contributed by atoms with Gasteiger partial charge in [-0.1, -0.05) is 28.1 Å². The van der Waals surface area contributed by atoms with Crippen LogP contribution in [0.1, 0.15) is 26.3 Å². The first-order valence-corrected chi connectivity index (χ1v) is 7.03. The Morgan fingerprint density at radius 3 is 2.42 bits per heavy atom. The third-order valence-corrected chi connectivity index (χ3v) is 2.93. The first-order chi connectivity index (χ1) is 8.80. The molecule has 1 rings (SSSR count). The van der Waals surface area contributed by atoms with E-state index in [1.54, 1.807) is 0 Å². The summed E-state index contributed by atoms with van der Waals surface area (Å²) in [7, 11) is 0. The van der Waals surface area contributed by atoms with Crippen LogP contribution < -0.4 is 11.1 Å². The van der Waals surface area contributed by atoms with Gasteiger partial charge < -0.3 is 15.8 Å². The molecule has 1 atom stereocenters. The Hall–Kier alpha value is -1.07. The molecule has 0 heterocycles. The number of benzene rings is 1. The van der Waals surface area contributed by atoms with E-state index in [1.165, 1.54) is 0 Å². The number of amides is 1. The maximum Gasteiger partial charge on any atom is 0.407 e. The molecule has 4 nitrogen and oxygen atoms in total. The second kappa shape index (κ2) is 6.91. The van der Waals surface area contributed by atoms with Crippen LogP contribution in [0.25, 0.3) is 0 Å². The van der Waals surface area contributed by atoms with Gasteiger partial charge >= 0.3 is 6.09 Å². The van der Waals surface area contributed by atoms with Crippen molar-refractivity contribution in [2.24, 2.45) is 5.73 Å². The van der Waals surface area contributed by atoms with Crippen molar-refractivity contribution in [2.75, 3.05) is 6.54 Å². The molecule has 0 aliphatic heterocycles. The summed E-state index contributed by atoms with van der Waals surface area (Å²) in [4.78, 5) is 11.7. The van der Waals surface area contributed by atoms with Gasteiger partial charge in [-0.25, -0.2) is 4.79 Å². The van der Waals surface area contributed by atoms with Crippen molar-refractivity contribution in [3.8, 4) is 0 Å². The van der Waals surface area contributed by atoms with Gasteiger partial charge in [-0.15, -0.1) is 0 Å². The molecule has 0 aromatic heterocycles. The first-order valence-electron chi connectivity index (χ1n) is 6.24. The highest BCUT2D eigenvalue weighted by molar-refractivity contribution is 9.10. The molecule has 1 aromatic rings. The third kappa shape index (κ3) is 6.59. The molecular formula is C14H21BrN2O2. The largest absolute Gasteiger partial charge is 0.444 e. The summed E-state index contributed by atoms with van der Waals surface area (Å²) in [6.07, 6.45) is 0.253. The van der Waals surface area contributed by atoms with Crippen molar-refractivity contribution in [3.05, 3.63) is 34.3 Å². The van der Waals surface area contributed by atoms with Crippen molar-refractivity contribution < 1.29 is 9.53 Å². The average Bonchev–Trinajstić information content (AvgIpc) is 2.28. The van der Waals surface area contributed by atoms with Gasteiger partial charge in [-0.3, -0.25) is 0 Å². The van der Waals surface area contributed by atoms with Gasteiger partial charge in [-0.2, -0.15) is 0 Å². The zero-order chi connectivity index (χ0) is 14.5. The Balaban J connectivity index is 2.54. The van der Waals surface area contributed by atoms with Crippen LogP contribution in [0.4, 0.5) is 4.79 Å². The summed E-state index contributed by atoms with van der Waals surface area (Å²) in [5.74, 6) is 0. The highest BCUT2D eigenvalue weighted by Gasteiger charge is 2.18. The summed E-state index contributed by atoms with van der Waals surface area (Å²) in [6.45, 7) is 5.87. The van der Waals surface area contributed by atoms with Crippen LogP contribution in [0.15, 0.2) is 28.7 Å². The average molecular weight is 329 g/mol. The Bertz CT molecular complexity index is 412. The monoisotopic (exact) mass is 328 g/mol. The summed E-state index contributed by atoms with van der Waals surface area (Å²) in [6, 6.07) is 7.82. The van der Waals surface area contributed by atoms with Gasteiger partial charge in [0.1, 0.15) is 5.60 Å². The highest BCUT2D eigenvalue weighted by atomic mass is 79.9. The number of halogens is 1. The lowest BCUT2D eigenvalue weighted by Gasteiger charge is -2.23. The van der Waals surface area contributed by atoms with Gasteiger partial charge in [0, 0.05) is 17.1 Å². The number of carbonyl (C=O) groups excluding carboxylic acids is 1. The Kier molecular flexibility index (Phi) is 5.82. The quantitative estimate of drug-likeness (QED) is 0.893. The minimum Gasteiger partial charge on any atom is -0.444 e. The number of carbonyl (C=O) groups is 1. The number of nitrogens with one attached hydrogen (secondary N) is 1. The molecule has 1 aromatic carbocycles. The molecule has 1 amide bonds. The molecule has 0 fully saturated rings. The maximum absolute atomic E-state index is 11.7. The zero-order valence-electron chi connectivity index (χ0n) is 11.6. The summed E-state index contributed by atoms with van der Waals surface area (Å²) >= 11 is 3.39. The highest BCUT2D eigenvalue weighted by Crippen LogP contribution is 2.12.